The third-order valence-corrected chi connectivity index (χ3v) is 6.16. The number of nitrogens with zero attached hydrogens (tertiary/aromatic N) is 3. The van der Waals surface area contributed by atoms with Crippen molar-refractivity contribution in [3.05, 3.63) is 77.2 Å². The van der Waals surface area contributed by atoms with Crippen molar-refractivity contribution < 1.29 is 9.18 Å². The zero-order valence-corrected chi connectivity index (χ0v) is 17.1. The molecule has 1 saturated heterocycles. The highest BCUT2D eigenvalue weighted by atomic mass is 19.1. The number of benzene rings is 2. The van der Waals surface area contributed by atoms with Crippen molar-refractivity contribution in [3.63, 3.8) is 0 Å². The molecule has 0 bridgehead atoms. The minimum atomic E-state index is -1.56. The average Bonchev–Trinajstić information content (AvgIpc) is 3.03. The van der Waals surface area contributed by atoms with Crippen LogP contribution in [0.4, 0.5) is 4.39 Å². The fourth-order valence-electron chi connectivity index (χ4n) is 4.81. The summed E-state index contributed by atoms with van der Waals surface area (Å²) in [7, 11) is 0. The second-order valence-electron chi connectivity index (χ2n) is 8.98. The molecule has 0 aliphatic carbocycles. The van der Waals surface area contributed by atoms with Crippen molar-refractivity contribution in [3.8, 4) is 12.1 Å². The number of carbonyl (C=O) groups is 1. The monoisotopic (exact) mass is 399 g/mol. The predicted molar refractivity (Wildman–Crippen MR) is 111 cm³/mol. The smallest absolute Gasteiger partial charge is 0.177 e. The summed E-state index contributed by atoms with van der Waals surface area (Å²) in [6.07, 6.45) is 3.71. The van der Waals surface area contributed by atoms with Crippen molar-refractivity contribution in [1.82, 2.24) is 4.90 Å². The molecule has 1 fully saturated rings. The van der Waals surface area contributed by atoms with Crippen molar-refractivity contribution in [2.75, 3.05) is 0 Å². The summed E-state index contributed by atoms with van der Waals surface area (Å²) < 4.78 is 14.2. The summed E-state index contributed by atoms with van der Waals surface area (Å²) in [5, 5.41) is 20.7. The molecule has 0 aromatic heterocycles. The molecule has 5 heteroatoms. The normalized spacial score (nSPS) is 23.8. The Hall–Kier alpha value is -3.44. The summed E-state index contributed by atoms with van der Waals surface area (Å²) in [6.45, 7) is 5.48. The standard InChI is InChI=1S/C25H22FN3O/c1-24(2,3)23(30)21-20(17-8-6-9-18(26)13-17)25(14-27,15-28)22-19-10-5-4-7-16(19)11-12-29(21)22/h4-13,20-22H,1-3H3/t20-,21-,22-/m1/s1. The average molecular weight is 399 g/mol. The Labute approximate surface area is 175 Å². The minimum absolute atomic E-state index is 0.0850. The van der Waals surface area contributed by atoms with Gasteiger partial charge in [0.2, 0.25) is 0 Å². The van der Waals surface area contributed by atoms with E-state index in [0.29, 0.717) is 5.56 Å². The Balaban J connectivity index is 2.03. The van der Waals surface area contributed by atoms with Crippen LogP contribution in [0.3, 0.4) is 0 Å². The highest BCUT2D eigenvalue weighted by Crippen LogP contribution is 2.60. The van der Waals surface area contributed by atoms with Crippen LogP contribution in [-0.2, 0) is 4.79 Å². The molecule has 0 amide bonds. The van der Waals surface area contributed by atoms with E-state index in [1.165, 1.54) is 12.1 Å². The lowest BCUT2D eigenvalue weighted by molar-refractivity contribution is -0.130. The van der Waals surface area contributed by atoms with E-state index in [2.05, 4.69) is 12.1 Å². The molecule has 2 aromatic rings. The maximum Gasteiger partial charge on any atom is 0.177 e. The molecule has 4 rings (SSSR count). The first-order valence-electron chi connectivity index (χ1n) is 9.91. The van der Waals surface area contributed by atoms with Crippen LogP contribution < -0.4 is 0 Å². The summed E-state index contributed by atoms with van der Waals surface area (Å²) in [6, 6.07) is 16.6. The van der Waals surface area contributed by atoms with Gasteiger partial charge in [0.25, 0.3) is 0 Å². The van der Waals surface area contributed by atoms with Gasteiger partial charge in [0.1, 0.15) is 5.82 Å². The quantitative estimate of drug-likeness (QED) is 0.715. The van der Waals surface area contributed by atoms with E-state index in [1.54, 1.807) is 12.1 Å². The van der Waals surface area contributed by atoms with Gasteiger partial charge in [-0.05, 0) is 34.9 Å². The number of nitriles is 2. The number of ketones is 1. The van der Waals surface area contributed by atoms with Gasteiger partial charge in [-0.1, -0.05) is 57.2 Å². The zero-order valence-electron chi connectivity index (χ0n) is 17.1. The largest absolute Gasteiger partial charge is 0.357 e. The van der Waals surface area contributed by atoms with E-state index in [-0.39, 0.29) is 5.78 Å². The molecule has 0 radical (unpaired) electrons. The van der Waals surface area contributed by atoms with Crippen LogP contribution in [0.2, 0.25) is 0 Å². The van der Waals surface area contributed by atoms with Gasteiger partial charge in [-0.25, -0.2) is 4.39 Å². The molecule has 0 unspecified atom stereocenters. The molecule has 0 spiro atoms. The van der Waals surface area contributed by atoms with Crippen molar-refractivity contribution in [1.29, 1.82) is 10.5 Å². The predicted octanol–water partition coefficient (Wildman–Crippen LogP) is 4.97. The Morgan fingerprint density at radius 3 is 2.43 bits per heavy atom. The molecule has 2 aliphatic rings. The van der Waals surface area contributed by atoms with E-state index in [1.807, 2.05) is 62.2 Å². The molecule has 30 heavy (non-hydrogen) atoms. The van der Waals surface area contributed by atoms with Gasteiger partial charge in [-0.3, -0.25) is 4.79 Å². The summed E-state index contributed by atoms with van der Waals surface area (Å²) >= 11 is 0. The number of fused-ring (bicyclic) bond motifs is 3. The SMILES string of the molecule is CC(C)(C)C(=O)[C@H]1[C@@H](c2cccc(F)c2)C(C#N)(C#N)[C@H]2c3ccccc3C=CN12. The number of carbonyl (C=O) groups excluding carboxylic acids is 1. The molecule has 2 aromatic carbocycles. The lowest BCUT2D eigenvalue weighted by Gasteiger charge is -2.36. The first kappa shape index (κ1) is 19.9. The summed E-state index contributed by atoms with van der Waals surface area (Å²) in [4.78, 5) is 15.5. The van der Waals surface area contributed by atoms with Gasteiger partial charge < -0.3 is 4.90 Å². The number of Topliss-reactive ketones (excluding diaryl/α,β-unsaturated/α-hetero) is 1. The summed E-state index contributed by atoms with van der Waals surface area (Å²) in [5.74, 6) is -1.34. The van der Waals surface area contributed by atoms with Crippen LogP contribution in [0, 0.1) is 39.3 Å². The fourth-order valence-corrected chi connectivity index (χ4v) is 4.81. The van der Waals surface area contributed by atoms with Gasteiger partial charge >= 0.3 is 0 Å². The lowest BCUT2D eigenvalue weighted by Crippen LogP contribution is -2.43. The van der Waals surface area contributed by atoms with Crippen molar-refractivity contribution in [2.24, 2.45) is 10.8 Å². The van der Waals surface area contributed by atoms with Crippen molar-refractivity contribution in [2.45, 2.75) is 38.8 Å². The Morgan fingerprint density at radius 2 is 1.80 bits per heavy atom. The molecule has 4 nitrogen and oxygen atoms in total. The van der Waals surface area contributed by atoms with Gasteiger partial charge in [0, 0.05) is 17.5 Å². The second-order valence-corrected chi connectivity index (χ2v) is 8.98. The molecular formula is C25H22FN3O. The van der Waals surface area contributed by atoms with Crippen LogP contribution >= 0.6 is 0 Å². The minimum Gasteiger partial charge on any atom is -0.357 e. The summed E-state index contributed by atoms with van der Waals surface area (Å²) in [5.41, 5.74) is -0.0301. The van der Waals surface area contributed by atoms with Crippen LogP contribution in [0.15, 0.2) is 54.7 Å². The van der Waals surface area contributed by atoms with E-state index in [0.717, 1.165) is 11.1 Å². The van der Waals surface area contributed by atoms with Gasteiger partial charge in [0.05, 0.1) is 24.2 Å². The van der Waals surface area contributed by atoms with Crippen LogP contribution in [0.25, 0.3) is 6.08 Å². The first-order valence-corrected chi connectivity index (χ1v) is 9.91. The lowest BCUT2D eigenvalue weighted by atomic mass is 9.66. The third-order valence-electron chi connectivity index (χ3n) is 6.16. The topological polar surface area (TPSA) is 67.9 Å². The number of hydrogen-bond donors (Lipinski definition) is 0. The van der Waals surface area contributed by atoms with Crippen LogP contribution in [0.1, 0.15) is 49.4 Å². The number of hydrogen-bond acceptors (Lipinski definition) is 4. The Bertz CT molecular complexity index is 1120. The van der Waals surface area contributed by atoms with Crippen molar-refractivity contribution >= 4 is 11.9 Å². The maximum atomic E-state index is 14.2. The Kier molecular flexibility index (Phi) is 4.51. The molecule has 2 heterocycles. The zero-order chi connectivity index (χ0) is 21.7. The fraction of sp³-hybridized carbons (Fsp3) is 0.320. The molecule has 3 atom stereocenters. The van der Waals surface area contributed by atoms with Crippen LogP contribution in [0.5, 0.6) is 0 Å². The van der Waals surface area contributed by atoms with E-state index in [4.69, 9.17) is 0 Å². The maximum absolute atomic E-state index is 14.2. The molecule has 0 saturated carbocycles. The first-order chi connectivity index (χ1) is 14.2. The van der Waals surface area contributed by atoms with Crippen LogP contribution in [-0.4, -0.2) is 16.7 Å². The van der Waals surface area contributed by atoms with Gasteiger partial charge in [0.15, 0.2) is 11.2 Å². The second kappa shape index (κ2) is 6.82. The number of halogens is 1. The molecule has 150 valence electrons. The molecular weight excluding hydrogens is 377 g/mol. The van der Waals surface area contributed by atoms with Gasteiger partial charge in [-0.15, -0.1) is 0 Å². The third kappa shape index (κ3) is 2.74. The van der Waals surface area contributed by atoms with E-state index >= 15 is 0 Å². The van der Waals surface area contributed by atoms with E-state index in [9.17, 15) is 19.7 Å². The van der Waals surface area contributed by atoms with E-state index < -0.39 is 34.6 Å². The Morgan fingerprint density at radius 1 is 1.10 bits per heavy atom. The molecule has 2 aliphatic heterocycles. The highest BCUT2D eigenvalue weighted by molar-refractivity contribution is 5.91. The molecule has 0 N–H and O–H groups in total. The highest BCUT2D eigenvalue weighted by Gasteiger charge is 2.64. The number of rotatable bonds is 2. The van der Waals surface area contributed by atoms with Gasteiger partial charge in [-0.2, -0.15) is 10.5 Å².